The molecular formula is C12H21ClN4O2. The van der Waals surface area contributed by atoms with Gasteiger partial charge in [0.2, 0.25) is 11.8 Å². The Kier molecular flexibility index (Phi) is 6.80. The molecule has 0 spiro atoms. The SMILES string of the molecule is Cc1nc(CNC(=O)CCC2CCNCC2)no1.Cl. The van der Waals surface area contributed by atoms with Crippen LogP contribution in [-0.4, -0.2) is 29.1 Å². The summed E-state index contributed by atoms with van der Waals surface area (Å²) in [6.07, 6.45) is 3.91. The van der Waals surface area contributed by atoms with Crippen LogP contribution in [0.15, 0.2) is 4.52 Å². The van der Waals surface area contributed by atoms with E-state index in [0.29, 0.717) is 30.6 Å². The van der Waals surface area contributed by atoms with Gasteiger partial charge in [-0.2, -0.15) is 4.98 Å². The minimum atomic E-state index is 0. The Bertz CT molecular complexity index is 391. The number of aryl methyl sites for hydroxylation is 1. The molecule has 2 N–H and O–H groups in total. The second-order valence-corrected chi connectivity index (χ2v) is 4.74. The predicted molar refractivity (Wildman–Crippen MR) is 73.0 cm³/mol. The van der Waals surface area contributed by atoms with Crippen molar-refractivity contribution in [2.75, 3.05) is 13.1 Å². The Hall–Kier alpha value is -1.14. The van der Waals surface area contributed by atoms with Crippen LogP contribution in [-0.2, 0) is 11.3 Å². The van der Waals surface area contributed by atoms with Gasteiger partial charge in [-0.3, -0.25) is 4.79 Å². The van der Waals surface area contributed by atoms with Gasteiger partial charge in [0.15, 0.2) is 5.82 Å². The topological polar surface area (TPSA) is 80.0 Å². The van der Waals surface area contributed by atoms with E-state index in [1.165, 1.54) is 12.8 Å². The highest BCUT2D eigenvalue weighted by Crippen LogP contribution is 2.17. The summed E-state index contributed by atoms with van der Waals surface area (Å²) in [5.74, 6) is 1.80. The molecule has 0 unspecified atom stereocenters. The van der Waals surface area contributed by atoms with Crippen molar-refractivity contribution < 1.29 is 9.32 Å². The summed E-state index contributed by atoms with van der Waals surface area (Å²) in [5.41, 5.74) is 0. The third-order valence-corrected chi connectivity index (χ3v) is 3.25. The van der Waals surface area contributed by atoms with E-state index in [4.69, 9.17) is 4.52 Å². The number of rotatable bonds is 5. The number of piperidine rings is 1. The monoisotopic (exact) mass is 288 g/mol. The molecule has 6 nitrogen and oxygen atoms in total. The van der Waals surface area contributed by atoms with Crippen LogP contribution in [0.3, 0.4) is 0 Å². The number of halogens is 1. The van der Waals surface area contributed by atoms with Crippen molar-refractivity contribution in [2.45, 2.75) is 39.2 Å². The van der Waals surface area contributed by atoms with Crippen molar-refractivity contribution in [1.82, 2.24) is 20.8 Å². The average molecular weight is 289 g/mol. The quantitative estimate of drug-likeness (QED) is 0.851. The predicted octanol–water partition coefficient (Wildman–Crippen LogP) is 1.20. The van der Waals surface area contributed by atoms with Crippen molar-refractivity contribution in [3.8, 4) is 0 Å². The smallest absolute Gasteiger partial charge is 0.223 e. The molecule has 2 rings (SSSR count). The molecule has 1 aromatic heterocycles. The Labute approximate surface area is 119 Å². The van der Waals surface area contributed by atoms with Crippen LogP contribution in [0.25, 0.3) is 0 Å². The number of aromatic nitrogens is 2. The van der Waals surface area contributed by atoms with Gasteiger partial charge in [0, 0.05) is 13.3 Å². The van der Waals surface area contributed by atoms with Crippen molar-refractivity contribution in [1.29, 1.82) is 0 Å². The molecule has 0 aromatic carbocycles. The maximum Gasteiger partial charge on any atom is 0.223 e. The molecule has 1 saturated heterocycles. The molecule has 0 aliphatic carbocycles. The zero-order chi connectivity index (χ0) is 12.8. The van der Waals surface area contributed by atoms with Crippen LogP contribution in [0.4, 0.5) is 0 Å². The summed E-state index contributed by atoms with van der Waals surface area (Å²) < 4.78 is 4.83. The molecule has 1 aliphatic heterocycles. The van der Waals surface area contributed by atoms with Gasteiger partial charge in [0.1, 0.15) is 0 Å². The zero-order valence-electron chi connectivity index (χ0n) is 11.1. The van der Waals surface area contributed by atoms with Crippen molar-refractivity contribution in [2.24, 2.45) is 5.92 Å². The lowest BCUT2D eigenvalue weighted by Gasteiger charge is -2.22. The lowest BCUT2D eigenvalue weighted by molar-refractivity contribution is -0.121. The molecule has 0 atom stereocenters. The summed E-state index contributed by atoms with van der Waals surface area (Å²) in [7, 11) is 0. The first-order valence-corrected chi connectivity index (χ1v) is 6.50. The molecule has 19 heavy (non-hydrogen) atoms. The standard InChI is InChI=1S/C12H20N4O2.ClH/c1-9-15-11(16-18-9)8-14-12(17)3-2-10-4-6-13-7-5-10;/h10,13H,2-8H2,1H3,(H,14,17);1H. The van der Waals surface area contributed by atoms with Crippen molar-refractivity contribution in [3.63, 3.8) is 0 Å². The lowest BCUT2D eigenvalue weighted by atomic mass is 9.93. The number of carbonyl (C=O) groups excluding carboxylic acids is 1. The number of amides is 1. The van der Waals surface area contributed by atoms with Crippen LogP contribution in [0.1, 0.15) is 37.4 Å². The molecular weight excluding hydrogens is 268 g/mol. The molecule has 0 radical (unpaired) electrons. The Balaban J connectivity index is 0.00000180. The van der Waals surface area contributed by atoms with Crippen LogP contribution in [0, 0.1) is 12.8 Å². The van der Waals surface area contributed by atoms with E-state index >= 15 is 0 Å². The molecule has 2 heterocycles. The van der Waals surface area contributed by atoms with Crippen molar-refractivity contribution in [3.05, 3.63) is 11.7 Å². The number of hydrogen-bond acceptors (Lipinski definition) is 5. The molecule has 0 saturated carbocycles. The fraction of sp³-hybridized carbons (Fsp3) is 0.750. The van der Waals surface area contributed by atoms with Crippen molar-refractivity contribution >= 4 is 18.3 Å². The fourth-order valence-corrected chi connectivity index (χ4v) is 2.18. The van der Waals surface area contributed by atoms with Gasteiger partial charge in [-0.1, -0.05) is 5.16 Å². The molecule has 1 aromatic rings. The zero-order valence-corrected chi connectivity index (χ0v) is 12.0. The third-order valence-electron chi connectivity index (χ3n) is 3.25. The van der Waals surface area contributed by atoms with E-state index in [9.17, 15) is 4.79 Å². The van der Waals surface area contributed by atoms with Crippen LogP contribution >= 0.6 is 12.4 Å². The van der Waals surface area contributed by atoms with E-state index in [1.807, 2.05) is 0 Å². The van der Waals surface area contributed by atoms with Crippen LogP contribution < -0.4 is 10.6 Å². The van der Waals surface area contributed by atoms with E-state index in [2.05, 4.69) is 20.8 Å². The number of nitrogens with one attached hydrogen (secondary N) is 2. The highest BCUT2D eigenvalue weighted by molar-refractivity contribution is 5.85. The second kappa shape index (κ2) is 8.12. The normalized spacial score (nSPS) is 15.8. The first-order chi connectivity index (χ1) is 8.74. The van der Waals surface area contributed by atoms with Crippen LogP contribution in [0.5, 0.6) is 0 Å². The molecule has 1 fully saturated rings. The first kappa shape index (κ1) is 15.9. The van der Waals surface area contributed by atoms with Gasteiger partial charge in [0.25, 0.3) is 0 Å². The van der Waals surface area contributed by atoms with Gasteiger partial charge in [-0.15, -0.1) is 12.4 Å². The summed E-state index contributed by atoms with van der Waals surface area (Å²) in [4.78, 5) is 15.7. The second-order valence-electron chi connectivity index (χ2n) is 4.74. The number of nitrogens with zero attached hydrogens (tertiary/aromatic N) is 2. The Morgan fingerprint density at radius 2 is 2.21 bits per heavy atom. The third kappa shape index (κ3) is 5.57. The molecule has 7 heteroatoms. The fourth-order valence-electron chi connectivity index (χ4n) is 2.18. The first-order valence-electron chi connectivity index (χ1n) is 6.50. The van der Waals surface area contributed by atoms with Crippen LogP contribution in [0.2, 0.25) is 0 Å². The van der Waals surface area contributed by atoms with E-state index in [1.54, 1.807) is 6.92 Å². The summed E-state index contributed by atoms with van der Waals surface area (Å²) in [6, 6.07) is 0. The van der Waals surface area contributed by atoms with E-state index in [-0.39, 0.29) is 18.3 Å². The lowest BCUT2D eigenvalue weighted by Crippen LogP contribution is -2.29. The molecule has 1 amide bonds. The highest BCUT2D eigenvalue weighted by atomic mass is 35.5. The van der Waals surface area contributed by atoms with Gasteiger partial charge in [-0.05, 0) is 38.3 Å². The van der Waals surface area contributed by atoms with Gasteiger partial charge in [0.05, 0.1) is 6.54 Å². The summed E-state index contributed by atoms with van der Waals surface area (Å²) in [5, 5.41) is 9.86. The number of carbonyl (C=O) groups is 1. The van der Waals surface area contributed by atoms with E-state index < -0.39 is 0 Å². The summed E-state index contributed by atoms with van der Waals surface area (Å²) >= 11 is 0. The molecule has 0 bridgehead atoms. The maximum atomic E-state index is 11.7. The van der Waals surface area contributed by atoms with Gasteiger partial charge < -0.3 is 15.2 Å². The van der Waals surface area contributed by atoms with E-state index in [0.717, 1.165) is 19.5 Å². The number of hydrogen-bond donors (Lipinski definition) is 2. The maximum absolute atomic E-state index is 11.7. The van der Waals surface area contributed by atoms with Gasteiger partial charge >= 0.3 is 0 Å². The largest absolute Gasteiger partial charge is 0.349 e. The minimum Gasteiger partial charge on any atom is -0.349 e. The average Bonchev–Trinajstić information content (AvgIpc) is 2.81. The van der Waals surface area contributed by atoms with Gasteiger partial charge in [-0.25, -0.2) is 0 Å². The molecule has 1 aliphatic rings. The minimum absolute atomic E-state index is 0. The Morgan fingerprint density at radius 3 is 2.84 bits per heavy atom. The molecule has 108 valence electrons. The Morgan fingerprint density at radius 1 is 1.47 bits per heavy atom. The summed E-state index contributed by atoms with van der Waals surface area (Å²) in [6.45, 7) is 4.24. The highest BCUT2D eigenvalue weighted by Gasteiger charge is 2.14.